The second-order valence-corrected chi connectivity index (χ2v) is 9.39. The van der Waals surface area contributed by atoms with E-state index in [0.717, 1.165) is 18.6 Å². The summed E-state index contributed by atoms with van der Waals surface area (Å²) in [6.45, 7) is 4.19. The smallest absolute Gasteiger partial charge is 0.254 e. The molecular formula is C22H23FN2O5S. The number of benzene rings is 1. The van der Waals surface area contributed by atoms with Gasteiger partial charge in [0.2, 0.25) is 9.84 Å². The van der Waals surface area contributed by atoms with Crippen LogP contribution in [0.2, 0.25) is 0 Å². The van der Waals surface area contributed by atoms with Crippen molar-refractivity contribution in [2.75, 3.05) is 11.9 Å². The van der Waals surface area contributed by atoms with Crippen molar-refractivity contribution in [3.05, 3.63) is 65.5 Å². The maximum atomic E-state index is 13.5. The maximum absolute atomic E-state index is 13.5. The minimum Gasteiger partial charge on any atom is -0.467 e. The molecule has 31 heavy (non-hydrogen) atoms. The molecule has 0 radical (unpaired) electrons. The first kappa shape index (κ1) is 21.3. The number of rotatable bonds is 6. The molecule has 1 aliphatic heterocycles. The molecule has 1 fully saturated rings. The van der Waals surface area contributed by atoms with Gasteiger partial charge in [-0.25, -0.2) is 12.8 Å². The van der Waals surface area contributed by atoms with Crippen LogP contribution in [0.3, 0.4) is 0 Å². The highest BCUT2D eigenvalue weighted by Crippen LogP contribution is 2.36. The quantitative estimate of drug-likeness (QED) is 0.581. The number of nitrogens with one attached hydrogen (secondary N) is 1. The number of aromatic nitrogens is 1. The Morgan fingerprint density at radius 3 is 2.58 bits per heavy atom. The maximum Gasteiger partial charge on any atom is 0.254 e. The number of amides is 1. The molecule has 0 aliphatic carbocycles. The SMILES string of the molecule is Cc1c(S(=O)(=O)c2ccc(F)cc2)c(NC(=O)[C@H]2CCCO2)n(Cc2ccco2)c1C. The van der Waals surface area contributed by atoms with Crippen LogP contribution in [0.15, 0.2) is 56.9 Å². The Bertz CT molecular complexity index is 1190. The predicted octanol–water partition coefficient (Wildman–Crippen LogP) is 3.84. The topological polar surface area (TPSA) is 90.5 Å². The second kappa shape index (κ2) is 8.32. The first-order valence-electron chi connectivity index (χ1n) is 9.94. The number of sulfone groups is 1. The van der Waals surface area contributed by atoms with Gasteiger partial charge in [-0.05, 0) is 68.7 Å². The molecule has 1 saturated heterocycles. The average Bonchev–Trinajstić information content (AvgIpc) is 3.48. The summed E-state index contributed by atoms with van der Waals surface area (Å²) >= 11 is 0. The van der Waals surface area contributed by atoms with E-state index in [1.165, 1.54) is 18.4 Å². The molecule has 7 nitrogen and oxygen atoms in total. The highest BCUT2D eigenvalue weighted by Gasteiger charge is 2.33. The van der Waals surface area contributed by atoms with Gasteiger partial charge in [-0.2, -0.15) is 0 Å². The van der Waals surface area contributed by atoms with Gasteiger partial charge in [0.1, 0.15) is 28.4 Å². The molecule has 0 bridgehead atoms. The molecule has 164 valence electrons. The number of furan rings is 1. The highest BCUT2D eigenvalue weighted by molar-refractivity contribution is 7.91. The van der Waals surface area contributed by atoms with Crippen molar-refractivity contribution in [1.82, 2.24) is 4.57 Å². The molecule has 1 aromatic carbocycles. The van der Waals surface area contributed by atoms with E-state index in [4.69, 9.17) is 9.15 Å². The number of halogens is 1. The van der Waals surface area contributed by atoms with Gasteiger partial charge in [-0.1, -0.05) is 0 Å². The third-order valence-electron chi connectivity index (χ3n) is 5.52. The number of nitrogens with zero attached hydrogens (tertiary/aromatic N) is 1. The summed E-state index contributed by atoms with van der Waals surface area (Å²) in [5, 5.41) is 2.79. The van der Waals surface area contributed by atoms with E-state index in [-0.39, 0.29) is 22.2 Å². The number of hydrogen-bond donors (Lipinski definition) is 1. The molecule has 1 aliphatic rings. The van der Waals surface area contributed by atoms with Crippen molar-refractivity contribution in [1.29, 1.82) is 0 Å². The summed E-state index contributed by atoms with van der Waals surface area (Å²) in [4.78, 5) is 12.8. The van der Waals surface area contributed by atoms with Gasteiger partial charge in [-0.3, -0.25) is 4.79 Å². The Morgan fingerprint density at radius 1 is 1.23 bits per heavy atom. The third kappa shape index (κ3) is 4.03. The lowest BCUT2D eigenvalue weighted by Crippen LogP contribution is -2.29. The van der Waals surface area contributed by atoms with Crippen molar-refractivity contribution < 1.29 is 26.8 Å². The first-order chi connectivity index (χ1) is 14.8. The second-order valence-electron chi connectivity index (χ2n) is 7.50. The molecule has 1 atom stereocenters. The van der Waals surface area contributed by atoms with Crippen LogP contribution < -0.4 is 5.32 Å². The van der Waals surface area contributed by atoms with Crippen LogP contribution in [0.5, 0.6) is 0 Å². The lowest BCUT2D eigenvalue weighted by Gasteiger charge is -2.16. The van der Waals surface area contributed by atoms with Gasteiger partial charge >= 0.3 is 0 Å². The number of ether oxygens (including phenoxy) is 1. The predicted molar refractivity (Wildman–Crippen MR) is 111 cm³/mol. The van der Waals surface area contributed by atoms with Crippen LogP contribution in [0, 0.1) is 19.7 Å². The van der Waals surface area contributed by atoms with E-state index in [1.54, 1.807) is 30.5 Å². The van der Waals surface area contributed by atoms with Crippen LogP contribution in [0.1, 0.15) is 29.9 Å². The van der Waals surface area contributed by atoms with Crippen LogP contribution in [-0.4, -0.2) is 31.6 Å². The molecule has 3 aromatic rings. The number of hydrogen-bond acceptors (Lipinski definition) is 5. The zero-order valence-corrected chi connectivity index (χ0v) is 18.0. The minimum absolute atomic E-state index is 0.0190. The fraction of sp³-hybridized carbons (Fsp3) is 0.318. The lowest BCUT2D eigenvalue weighted by molar-refractivity contribution is -0.124. The van der Waals surface area contributed by atoms with Crippen molar-refractivity contribution in [3.63, 3.8) is 0 Å². The first-order valence-corrected chi connectivity index (χ1v) is 11.4. The van der Waals surface area contributed by atoms with Gasteiger partial charge in [0.25, 0.3) is 5.91 Å². The Balaban J connectivity index is 1.84. The fourth-order valence-corrected chi connectivity index (χ4v) is 5.45. The van der Waals surface area contributed by atoms with E-state index >= 15 is 0 Å². The molecule has 4 rings (SSSR count). The van der Waals surface area contributed by atoms with Crippen LogP contribution >= 0.6 is 0 Å². The van der Waals surface area contributed by atoms with Gasteiger partial charge in [0.15, 0.2) is 0 Å². The van der Waals surface area contributed by atoms with Gasteiger partial charge < -0.3 is 19.0 Å². The number of anilines is 1. The van der Waals surface area contributed by atoms with Gasteiger partial charge in [0, 0.05) is 12.3 Å². The Hall–Kier alpha value is -2.91. The van der Waals surface area contributed by atoms with E-state index in [2.05, 4.69) is 5.32 Å². The van der Waals surface area contributed by atoms with Crippen LogP contribution in [0.4, 0.5) is 10.2 Å². The Labute approximate surface area is 179 Å². The lowest BCUT2D eigenvalue weighted by atomic mass is 10.2. The van der Waals surface area contributed by atoms with Crippen LogP contribution in [0.25, 0.3) is 0 Å². The standard InChI is InChI=1S/C22H23FN2O5S/c1-14-15(2)25(13-17-5-3-11-29-17)21(24-22(26)19-6-4-12-30-19)20(14)31(27,28)18-9-7-16(23)8-10-18/h3,5,7-11,19H,4,6,12-13H2,1-2H3,(H,24,26)/t19-/m1/s1. The Kier molecular flexibility index (Phi) is 5.72. The highest BCUT2D eigenvalue weighted by atomic mass is 32.2. The Morgan fingerprint density at radius 2 is 1.97 bits per heavy atom. The molecule has 0 spiro atoms. The van der Waals surface area contributed by atoms with Crippen LogP contribution in [-0.2, 0) is 25.9 Å². The summed E-state index contributed by atoms with van der Waals surface area (Å²) in [6, 6.07) is 8.14. The summed E-state index contributed by atoms with van der Waals surface area (Å²) in [5.41, 5.74) is 1.17. The zero-order valence-electron chi connectivity index (χ0n) is 17.2. The van der Waals surface area contributed by atoms with Crippen molar-refractivity contribution in [2.24, 2.45) is 0 Å². The third-order valence-corrected chi connectivity index (χ3v) is 7.45. The van der Waals surface area contributed by atoms with E-state index in [9.17, 15) is 17.6 Å². The minimum atomic E-state index is -4.04. The summed E-state index contributed by atoms with van der Waals surface area (Å²) in [5.74, 6) is -0.173. The monoisotopic (exact) mass is 446 g/mol. The van der Waals surface area contributed by atoms with Crippen molar-refractivity contribution in [2.45, 2.75) is 49.1 Å². The fourth-order valence-electron chi connectivity index (χ4n) is 3.76. The molecule has 0 unspecified atom stereocenters. The zero-order chi connectivity index (χ0) is 22.2. The largest absolute Gasteiger partial charge is 0.467 e. The molecule has 1 N–H and O–H groups in total. The van der Waals surface area contributed by atoms with Crippen molar-refractivity contribution >= 4 is 21.6 Å². The molecular weight excluding hydrogens is 423 g/mol. The summed E-state index contributed by atoms with van der Waals surface area (Å²) in [6.07, 6.45) is 2.24. The molecule has 2 aromatic heterocycles. The molecule has 3 heterocycles. The average molecular weight is 447 g/mol. The number of carbonyl (C=O) groups excluding carboxylic acids is 1. The van der Waals surface area contributed by atoms with Gasteiger partial charge in [0.05, 0.1) is 17.7 Å². The van der Waals surface area contributed by atoms with E-state index in [0.29, 0.717) is 30.0 Å². The van der Waals surface area contributed by atoms with E-state index in [1.807, 2.05) is 0 Å². The summed E-state index contributed by atoms with van der Waals surface area (Å²) < 4.78 is 53.0. The summed E-state index contributed by atoms with van der Waals surface area (Å²) in [7, 11) is -4.04. The normalized spacial score (nSPS) is 16.5. The molecule has 9 heteroatoms. The number of carbonyl (C=O) groups is 1. The van der Waals surface area contributed by atoms with Gasteiger partial charge in [-0.15, -0.1) is 0 Å². The molecule has 0 saturated carbocycles. The van der Waals surface area contributed by atoms with Crippen molar-refractivity contribution in [3.8, 4) is 0 Å². The van der Waals surface area contributed by atoms with E-state index < -0.39 is 27.7 Å². The molecule has 1 amide bonds.